The summed E-state index contributed by atoms with van der Waals surface area (Å²) in [5.74, 6) is 0.845. The van der Waals surface area contributed by atoms with Gasteiger partial charge in [-0.05, 0) is 13.0 Å². The average Bonchev–Trinajstić information content (AvgIpc) is 2.85. The number of fused-ring (bicyclic) bond motifs is 1. The highest BCUT2D eigenvalue weighted by atomic mass is 35.5. The van der Waals surface area contributed by atoms with Crippen molar-refractivity contribution in [1.29, 1.82) is 0 Å². The topological polar surface area (TPSA) is 92.2 Å². The summed E-state index contributed by atoms with van der Waals surface area (Å²) in [5.41, 5.74) is 6.32. The van der Waals surface area contributed by atoms with Crippen LogP contribution in [0.15, 0.2) is 63.6 Å². The molecule has 8 heteroatoms. The van der Waals surface area contributed by atoms with Gasteiger partial charge in [-0.3, -0.25) is 20.5 Å². The number of hydrazone groups is 1. The summed E-state index contributed by atoms with van der Waals surface area (Å²) in [5, 5.41) is 15.3. The van der Waals surface area contributed by atoms with E-state index in [0.29, 0.717) is 28.7 Å². The van der Waals surface area contributed by atoms with Crippen molar-refractivity contribution < 1.29 is 4.92 Å². The van der Waals surface area contributed by atoms with Crippen molar-refractivity contribution in [2.75, 3.05) is 12.4 Å². The number of hydrogen-bond acceptors (Lipinski definition) is 6. The zero-order valence-corrected chi connectivity index (χ0v) is 14.8. The van der Waals surface area contributed by atoms with Crippen molar-refractivity contribution in [3.8, 4) is 0 Å². The number of hydrogen-bond donors (Lipinski definition) is 1. The van der Waals surface area contributed by atoms with Crippen LogP contribution in [0.4, 0.5) is 11.4 Å². The number of alkyl halides is 1. The van der Waals surface area contributed by atoms with Gasteiger partial charge in [-0.2, -0.15) is 5.10 Å². The Morgan fingerprint density at radius 3 is 2.77 bits per heavy atom. The predicted octanol–water partition coefficient (Wildman–Crippen LogP) is 3.68. The molecule has 0 fully saturated rings. The van der Waals surface area contributed by atoms with Gasteiger partial charge in [0.05, 0.1) is 28.7 Å². The third-order valence-corrected chi connectivity index (χ3v) is 4.09. The smallest absolute Gasteiger partial charge is 0.270 e. The summed E-state index contributed by atoms with van der Waals surface area (Å²) >= 11 is 5.73. The Morgan fingerprint density at radius 1 is 1.31 bits per heavy atom. The molecule has 0 bridgehead atoms. The number of amidine groups is 1. The third-order valence-electron chi connectivity index (χ3n) is 3.70. The largest absolute Gasteiger partial charge is 0.276 e. The predicted molar refractivity (Wildman–Crippen MR) is 104 cm³/mol. The van der Waals surface area contributed by atoms with Crippen LogP contribution in [0.5, 0.6) is 0 Å². The van der Waals surface area contributed by atoms with Gasteiger partial charge in [-0.1, -0.05) is 30.3 Å². The van der Waals surface area contributed by atoms with E-state index in [1.165, 1.54) is 12.1 Å². The maximum Gasteiger partial charge on any atom is 0.270 e. The quantitative estimate of drug-likeness (QED) is 0.385. The summed E-state index contributed by atoms with van der Waals surface area (Å²) < 4.78 is 0. The molecule has 0 atom stereocenters. The van der Waals surface area contributed by atoms with Gasteiger partial charge in [0.25, 0.3) is 5.69 Å². The van der Waals surface area contributed by atoms with E-state index in [-0.39, 0.29) is 12.2 Å². The maximum atomic E-state index is 11.2. The first kappa shape index (κ1) is 17.8. The molecule has 1 heterocycles. The molecule has 0 aliphatic carbocycles. The Bertz CT molecular complexity index is 922. The van der Waals surface area contributed by atoms with Crippen molar-refractivity contribution in [1.82, 2.24) is 5.43 Å². The van der Waals surface area contributed by atoms with E-state index >= 15 is 0 Å². The minimum Gasteiger partial charge on any atom is -0.276 e. The molecule has 0 amide bonds. The van der Waals surface area contributed by atoms with Crippen molar-refractivity contribution in [2.45, 2.75) is 6.92 Å². The molecule has 0 radical (unpaired) electrons. The first-order valence-electron chi connectivity index (χ1n) is 7.90. The van der Waals surface area contributed by atoms with Gasteiger partial charge in [-0.15, -0.1) is 11.6 Å². The normalized spacial score (nSPS) is 14.0. The fourth-order valence-electron chi connectivity index (χ4n) is 2.44. The van der Waals surface area contributed by atoms with E-state index in [4.69, 9.17) is 11.6 Å². The number of nitrogens with zero attached hydrogens (tertiary/aromatic N) is 4. The molecule has 132 valence electrons. The Kier molecular flexibility index (Phi) is 5.38. The van der Waals surface area contributed by atoms with Crippen LogP contribution in [0.1, 0.15) is 18.1 Å². The van der Waals surface area contributed by atoms with Crippen molar-refractivity contribution in [3.63, 3.8) is 0 Å². The maximum absolute atomic E-state index is 11.2. The van der Waals surface area contributed by atoms with Gasteiger partial charge in [0, 0.05) is 29.0 Å². The van der Waals surface area contributed by atoms with Crippen LogP contribution in [0.25, 0.3) is 0 Å². The van der Waals surface area contributed by atoms with Gasteiger partial charge >= 0.3 is 0 Å². The van der Waals surface area contributed by atoms with Crippen LogP contribution in [-0.2, 0) is 0 Å². The lowest BCUT2D eigenvalue weighted by molar-refractivity contribution is -0.384. The second-order valence-corrected chi connectivity index (χ2v) is 5.91. The summed E-state index contributed by atoms with van der Waals surface area (Å²) in [6.45, 7) is 2.07. The Morgan fingerprint density at radius 2 is 2.08 bits per heavy atom. The average molecular weight is 370 g/mol. The summed E-state index contributed by atoms with van der Waals surface area (Å²) in [6, 6.07) is 14.1. The molecular weight excluding hydrogens is 354 g/mol. The minimum atomic E-state index is -0.426. The molecule has 0 saturated heterocycles. The van der Waals surface area contributed by atoms with E-state index in [0.717, 1.165) is 11.3 Å². The molecular formula is C18H16ClN5O2. The highest BCUT2D eigenvalue weighted by molar-refractivity contribution is 6.28. The first-order valence-corrected chi connectivity index (χ1v) is 8.43. The second kappa shape index (κ2) is 7.88. The number of benzene rings is 2. The summed E-state index contributed by atoms with van der Waals surface area (Å²) in [7, 11) is 0. The third kappa shape index (κ3) is 3.94. The molecule has 0 spiro atoms. The molecule has 1 N–H and O–H groups in total. The molecule has 0 unspecified atom stereocenters. The highest BCUT2D eigenvalue weighted by Crippen LogP contribution is 2.29. The number of nitrogens with one attached hydrogen (secondary N) is 1. The molecule has 1 aliphatic rings. The van der Waals surface area contributed by atoms with E-state index in [2.05, 4.69) is 20.5 Å². The lowest BCUT2D eigenvalue weighted by atomic mass is 10.00. The van der Waals surface area contributed by atoms with E-state index in [1.807, 2.05) is 30.3 Å². The molecule has 1 aliphatic heterocycles. The second-order valence-electron chi connectivity index (χ2n) is 5.64. The molecule has 0 aromatic heterocycles. The first-order chi connectivity index (χ1) is 12.6. The lowest BCUT2D eigenvalue weighted by Gasteiger charge is -2.08. The van der Waals surface area contributed by atoms with Crippen LogP contribution >= 0.6 is 11.6 Å². The van der Waals surface area contributed by atoms with E-state index < -0.39 is 4.92 Å². The number of non-ortho nitro benzene ring substituents is 1. The molecule has 2 aromatic rings. The number of halogens is 1. The minimum absolute atomic E-state index is 0.00463. The molecule has 26 heavy (non-hydrogen) atoms. The van der Waals surface area contributed by atoms with Crippen molar-refractivity contribution in [2.24, 2.45) is 15.1 Å². The monoisotopic (exact) mass is 369 g/mol. The standard InChI is InChI=1S/C18H16ClN5O2/c1-12(10-19)22-23-17-11-20-18(13-5-3-2-4-6-13)15-9-14(24(25)26)7-8-16(15)21-17/h2-9H,10-11H2,1H3,(H,21,23)/b22-12+. The van der Waals surface area contributed by atoms with Gasteiger partial charge < -0.3 is 0 Å². The number of nitro benzene ring substituents is 1. The van der Waals surface area contributed by atoms with Gasteiger partial charge in [0.2, 0.25) is 0 Å². The van der Waals surface area contributed by atoms with Gasteiger partial charge in [0.1, 0.15) is 5.84 Å². The van der Waals surface area contributed by atoms with Crippen LogP contribution in [0.3, 0.4) is 0 Å². The Labute approximate surface area is 155 Å². The van der Waals surface area contributed by atoms with Crippen molar-refractivity contribution in [3.05, 3.63) is 69.8 Å². The van der Waals surface area contributed by atoms with Gasteiger partial charge in [0.15, 0.2) is 0 Å². The fraction of sp³-hybridized carbons (Fsp3) is 0.167. The number of nitro groups is 1. The van der Waals surface area contributed by atoms with Crippen molar-refractivity contribution >= 4 is 40.2 Å². The van der Waals surface area contributed by atoms with Crippen LogP contribution in [0, 0.1) is 10.1 Å². The Balaban J connectivity index is 2.09. The fourth-order valence-corrected chi connectivity index (χ4v) is 2.50. The summed E-state index contributed by atoms with van der Waals surface area (Å²) in [4.78, 5) is 19.9. The van der Waals surface area contributed by atoms with E-state index in [9.17, 15) is 10.1 Å². The molecule has 0 saturated carbocycles. The van der Waals surface area contributed by atoms with Crippen LogP contribution in [-0.4, -0.2) is 34.6 Å². The zero-order valence-electron chi connectivity index (χ0n) is 14.0. The SMILES string of the molecule is C/C(CCl)=N\NC1=Nc2ccc([N+](=O)[O-])cc2C(c2ccccc2)=NC1. The highest BCUT2D eigenvalue weighted by Gasteiger charge is 2.19. The zero-order chi connectivity index (χ0) is 18.5. The summed E-state index contributed by atoms with van der Waals surface area (Å²) in [6.07, 6.45) is 0. The Hall–Kier alpha value is -3.06. The number of aliphatic imine (C=N–C) groups is 2. The number of rotatable bonds is 4. The lowest BCUT2D eigenvalue weighted by Crippen LogP contribution is -2.22. The molecule has 3 rings (SSSR count). The van der Waals surface area contributed by atoms with Crippen LogP contribution in [0.2, 0.25) is 0 Å². The van der Waals surface area contributed by atoms with Crippen LogP contribution < -0.4 is 5.43 Å². The molecule has 7 nitrogen and oxygen atoms in total. The van der Waals surface area contributed by atoms with Gasteiger partial charge in [-0.25, -0.2) is 4.99 Å². The van der Waals surface area contributed by atoms with E-state index in [1.54, 1.807) is 13.0 Å². The molecule has 2 aromatic carbocycles.